The third kappa shape index (κ3) is 2.39. The zero-order valence-electron chi connectivity index (χ0n) is 8.20. The number of benzene rings is 1. The van der Waals surface area contributed by atoms with E-state index in [4.69, 9.17) is 4.74 Å². The van der Waals surface area contributed by atoms with Crippen LogP contribution in [-0.4, -0.2) is 19.1 Å². The molecule has 86 valence electrons. The van der Waals surface area contributed by atoms with Gasteiger partial charge in [0.1, 0.15) is 11.5 Å². The van der Waals surface area contributed by atoms with Gasteiger partial charge in [-0.1, -0.05) is 0 Å². The zero-order valence-corrected chi connectivity index (χ0v) is 8.20. The van der Waals surface area contributed by atoms with Crippen molar-refractivity contribution in [2.75, 3.05) is 11.9 Å². The van der Waals surface area contributed by atoms with E-state index < -0.39 is 6.61 Å². The lowest BCUT2D eigenvalue weighted by molar-refractivity contribution is -0.116. The molecule has 1 amide bonds. The monoisotopic (exact) mass is 229 g/mol. The lowest BCUT2D eigenvalue weighted by Crippen LogP contribution is -2.10. The summed E-state index contributed by atoms with van der Waals surface area (Å²) in [6.07, 6.45) is 0.236. The first-order valence-corrected chi connectivity index (χ1v) is 4.66. The first-order valence-electron chi connectivity index (χ1n) is 4.66. The molecule has 0 radical (unpaired) electrons. The smallest absolute Gasteiger partial charge is 0.387 e. The topological polar surface area (TPSA) is 47.6 Å². The van der Waals surface area contributed by atoms with Crippen molar-refractivity contribution in [3.8, 4) is 11.5 Å². The number of carbonyl (C=O) groups excluding carboxylic acids is 1. The molecule has 1 heterocycles. The summed E-state index contributed by atoms with van der Waals surface area (Å²) >= 11 is 0. The van der Waals surface area contributed by atoms with Crippen LogP contribution >= 0.6 is 0 Å². The van der Waals surface area contributed by atoms with Gasteiger partial charge in [0.25, 0.3) is 0 Å². The molecular formula is C10H9F2NO3. The van der Waals surface area contributed by atoms with E-state index in [0.717, 1.165) is 0 Å². The predicted molar refractivity (Wildman–Crippen MR) is 51.8 cm³/mol. The molecule has 0 fully saturated rings. The van der Waals surface area contributed by atoms with Gasteiger partial charge in [-0.3, -0.25) is 4.79 Å². The molecular weight excluding hydrogens is 220 g/mol. The van der Waals surface area contributed by atoms with Crippen LogP contribution in [0.5, 0.6) is 11.5 Å². The summed E-state index contributed by atoms with van der Waals surface area (Å²) in [6.45, 7) is -2.62. The lowest BCUT2D eigenvalue weighted by atomic mass is 10.2. The fourth-order valence-electron chi connectivity index (χ4n) is 1.38. The highest BCUT2D eigenvalue weighted by atomic mass is 19.3. The number of ether oxygens (including phenoxy) is 2. The van der Waals surface area contributed by atoms with Gasteiger partial charge < -0.3 is 14.8 Å². The quantitative estimate of drug-likeness (QED) is 0.843. The van der Waals surface area contributed by atoms with Crippen molar-refractivity contribution in [1.29, 1.82) is 0 Å². The molecule has 16 heavy (non-hydrogen) atoms. The van der Waals surface area contributed by atoms with E-state index >= 15 is 0 Å². The van der Waals surface area contributed by atoms with Crippen molar-refractivity contribution >= 4 is 11.6 Å². The van der Waals surface area contributed by atoms with Crippen molar-refractivity contribution in [3.05, 3.63) is 18.2 Å². The molecule has 1 aliphatic rings. The zero-order chi connectivity index (χ0) is 11.5. The number of carbonyl (C=O) groups is 1. The second kappa shape index (κ2) is 4.34. The number of hydrogen-bond acceptors (Lipinski definition) is 3. The van der Waals surface area contributed by atoms with Crippen LogP contribution in [0.1, 0.15) is 6.42 Å². The Hall–Kier alpha value is -1.85. The highest BCUT2D eigenvalue weighted by Crippen LogP contribution is 2.31. The van der Waals surface area contributed by atoms with Crippen molar-refractivity contribution in [2.45, 2.75) is 13.0 Å². The Morgan fingerprint density at radius 3 is 3.00 bits per heavy atom. The van der Waals surface area contributed by atoms with Crippen LogP contribution in [-0.2, 0) is 4.79 Å². The third-order valence-electron chi connectivity index (χ3n) is 2.04. The van der Waals surface area contributed by atoms with Crippen LogP contribution in [0.2, 0.25) is 0 Å². The van der Waals surface area contributed by atoms with Crippen LogP contribution in [0.4, 0.5) is 14.5 Å². The van der Waals surface area contributed by atoms with E-state index in [0.29, 0.717) is 11.4 Å². The fraction of sp³-hybridized carbons (Fsp3) is 0.300. The standard InChI is InChI=1S/C10H9F2NO3/c11-10(12)16-6-1-2-8-7(5-6)13-9(14)3-4-15-8/h1-2,5,10H,3-4H2,(H,13,14). The van der Waals surface area contributed by atoms with Crippen molar-refractivity contribution < 1.29 is 23.0 Å². The van der Waals surface area contributed by atoms with Crippen molar-refractivity contribution in [3.63, 3.8) is 0 Å². The Morgan fingerprint density at radius 2 is 2.25 bits per heavy atom. The molecule has 0 saturated carbocycles. The van der Waals surface area contributed by atoms with E-state index in [2.05, 4.69) is 10.1 Å². The fourth-order valence-corrected chi connectivity index (χ4v) is 1.38. The van der Waals surface area contributed by atoms with E-state index in [1.807, 2.05) is 0 Å². The van der Waals surface area contributed by atoms with E-state index in [9.17, 15) is 13.6 Å². The molecule has 1 aromatic carbocycles. The highest BCUT2D eigenvalue weighted by molar-refractivity contribution is 5.93. The van der Waals surface area contributed by atoms with E-state index in [1.165, 1.54) is 18.2 Å². The third-order valence-corrected chi connectivity index (χ3v) is 2.04. The van der Waals surface area contributed by atoms with Gasteiger partial charge in [-0.2, -0.15) is 8.78 Å². The van der Waals surface area contributed by atoms with Gasteiger partial charge >= 0.3 is 6.61 Å². The van der Waals surface area contributed by atoms with Gasteiger partial charge in [0.15, 0.2) is 0 Å². The second-order valence-electron chi connectivity index (χ2n) is 3.18. The minimum Gasteiger partial charge on any atom is -0.491 e. The van der Waals surface area contributed by atoms with E-state index in [-0.39, 0.29) is 24.7 Å². The number of nitrogens with one attached hydrogen (secondary N) is 1. The predicted octanol–water partition coefficient (Wildman–Crippen LogP) is 2.01. The van der Waals surface area contributed by atoms with Crippen LogP contribution in [0.3, 0.4) is 0 Å². The summed E-state index contributed by atoms with van der Waals surface area (Å²) in [5.41, 5.74) is 0.348. The van der Waals surface area contributed by atoms with Crippen LogP contribution < -0.4 is 14.8 Å². The Labute approximate surface area is 90.2 Å². The average Bonchev–Trinajstić information content (AvgIpc) is 2.37. The number of halogens is 2. The van der Waals surface area contributed by atoms with E-state index in [1.54, 1.807) is 0 Å². The minimum atomic E-state index is -2.89. The number of hydrogen-bond donors (Lipinski definition) is 1. The molecule has 1 aromatic rings. The second-order valence-corrected chi connectivity index (χ2v) is 3.18. The molecule has 0 atom stereocenters. The number of anilines is 1. The average molecular weight is 229 g/mol. The lowest BCUT2D eigenvalue weighted by Gasteiger charge is -2.09. The number of amides is 1. The molecule has 4 nitrogen and oxygen atoms in total. The summed E-state index contributed by atoms with van der Waals surface area (Å²) in [4.78, 5) is 11.2. The molecule has 0 bridgehead atoms. The molecule has 0 aliphatic carbocycles. The number of fused-ring (bicyclic) bond motifs is 1. The molecule has 2 rings (SSSR count). The summed E-state index contributed by atoms with van der Waals surface area (Å²) in [7, 11) is 0. The first-order chi connectivity index (χ1) is 7.65. The maximum atomic E-state index is 12.0. The summed E-state index contributed by atoms with van der Waals surface area (Å²) in [5.74, 6) is 0.222. The summed E-state index contributed by atoms with van der Waals surface area (Å²) in [6, 6.07) is 4.16. The Balaban J connectivity index is 2.25. The molecule has 6 heteroatoms. The SMILES string of the molecule is O=C1CCOc2ccc(OC(F)F)cc2N1. The van der Waals surface area contributed by atoms with Gasteiger partial charge in [-0.05, 0) is 12.1 Å². The first kappa shape index (κ1) is 10.7. The van der Waals surface area contributed by atoms with Crippen LogP contribution in [0.25, 0.3) is 0 Å². The number of rotatable bonds is 2. The number of alkyl halides is 2. The summed E-state index contributed by atoms with van der Waals surface area (Å²) in [5, 5.41) is 2.55. The van der Waals surface area contributed by atoms with Gasteiger partial charge in [0, 0.05) is 6.07 Å². The Bertz CT molecular complexity index is 409. The minimum absolute atomic E-state index is 0.0143. The maximum absolute atomic E-state index is 12.0. The molecule has 1 N–H and O–H groups in total. The van der Waals surface area contributed by atoms with Gasteiger partial charge in [-0.15, -0.1) is 0 Å². The molecule has 0 aromatic heterocycles. The van der Waals surface area contributed by atoms with Gasteiger partial charge in [0.05, 0.1) is 18.7 Å². The van der Waals surface area contributed by atoms with Crippen molar-refractivity contribution in [2.24, 2.45) is 0 Å². The van der Waals surface area contributed by atoms with Crippen LogP contribution in [0.15, 0.2) is 18.2 Å². The van der Waals surface area contributed by atoms with Gasteiger partial charge in [0.2, 0.25) is 5.91 Å². The molecule has 0 unspecified atom stereocenters. The van der Waals surface area contributed by atoms with Gasteiger partial charge in [-0.25, -0.2) is 0 Å². The molecule has 1 aliphatic heterocycles. The Kier molecular flexibility index (Phi) is 2.89. The summed E-state index contributed by atoms with van der Waals surface area (Å²) < 4.78 is 33.4. The maximum Gasteiger partial charge on any atom is 0.387 e. The largest absolute Gasteiger partial charge is 0.491 e. The Morgan fingerprint density at radius 1 is 1.44 bits per heavy atom. The van der Waals surface area contributed by atoms with Crippen molar-refractivity contribution in [1.82, 2.24) is 0 Å². The highest BCUT2D eigenvalue weighted by Gasteiger charge is 2.15. The molecule has 0 spiro atoms. The normalized spacial score (nSPS) is 14.8. The molecule has 0 saturated heterocycles. The van der Waals surface area contributed by atoms with Crippen LogP contribution in [0, 0.1) is 0 Å².